The zero-order chi connectivity index (χ0) is 17.4. The number of hydrogen-bond donors (Lipinski definition) is 1. The molecule has 2 aromatic rings. The third-order valence-electron chi connectivity index (χ3n) is 4.10. The first-order valence-electron chi connectivity index (χ1n) is 8.55. The zero-order valence-corrected chi connectivity index (χ0v) is 14.1. The summed E-state index contributed by atoms with van der Waals surface area (Å²) in [5.41, 5.74) is 1.60. The van der Waals surface area contributed by atoms with Gasteiger partial charge in [-0.15, -0.1) is 0 Å². The van der Waals surface area contributed by atoms with Gasteiger partial charge in [-0.1, -0.05) is 87.2 Å². The number of carbonyl (C=O) groups excluding carboxylic acids is 2. The predicted octanol–water partition coefficient (Wildman–Crippen LogP) is 4.43. The molecule has 0 heterocycles. The fraction of sp³-hybridized carbons (Fsp3) is 0.333. The monoisotopic (exact) mass is 324 g/mol. The number of hydrogen-bond acceptors (Lipinski definition) is 3. The Balaban J connectivity index is 1.98. The van der Waals surface area contributed by atoms with Crippen LogP contribution in [0.4, 0.5) is 0 Å². The summed E-state index contributed by atoms with van der Waals surface area (Å²) < 4.78 is 0. The quantitative estimate of drug-likeness (QED) is 0.548. The van der Waals surface area contributed by atoms with Crippen LogP contribution in [0.25, 0.3) is 0 Å². The highest BCUT2D eigenvalue weighted by molar-refractivity contribution is 6.09. The third kappa shape index (κ3) is 4.87. The molecule has 0 fully saturated rings. The largest absolute Gasteiger partial charge is 0.385 e. The van der Waals surface area contributed by atoms with E-state index in [0.29, 0.717) is 23.1 Å². The Kier molecular flexibility index (Phi) is 6.89. The molecule has 1 unspecified atom stereocenters. The number of rotatable bonds is 9. The molecule has 0 aliphatic heterocycles. The summed E-state index contributed by atoms with van der Waals surface area (Å²) in [6.07, 6.45) is 3.66. The van der Waals surface area contributed by atoms with Gasteiger partial charge in [0.2, 0.25) is 0 Å². The summed E-state index contributed by atoms with van der Waals surface area (Å²) >= 11 is 0. The second-order valence-corrected chi connectivity index (χ2v) is 6.00. The van der Waals surface area contributed by atoms with Crippen LogP contribution in [-0.4, -0.2) is 22.8 Å². The molecule has 126 valence electrons. The van der Waals surface area contributed by atoms with Crippen molar-refractivity contribution in [2.75, 3.05) is 0 Å². The molecule has 0 spiro atoms. The molecule has 0 aliphatic carbocycles. The van der Waals surface area contributed by atoms with Crippen LogP contribution in [0.5, 0.6) is 0 Å². The SMILES string of the molecule is CCCCCCC(O)C(=O)c1ccc(C(=O)c2ccccc2)cc1. The Hall–Kier alpha value is -2.26. The van der Waals surface area contributed by atoms with Gasteiger partial charge in [-0.25, -0.2) is 0 Å². The molecule has 3 heteroatoms. The molecule has 0 saturated carbocycles. The van der Waals surface area contributed by atoms with E-state index in [0.717, 1.165) is 25.7 Å². The molecule has 0 aliphatic rings. The van der Waals surface area contributed by atoms with Crippen LogP contribution in [0.2, 0.25) is 0 Å². The molecular formula is C21H24O3. The molecule has 1 atom stereocenters. The number of aliphatic hydroxyl groups is 1. The number of benzene rings is 2. The number of ketones is 2. The van der Waals surface area contributed by atoms with Crippen molar-refractivity contribution in [1.82, 2.24) is 0 Å². The summed E-state index contributed by atoms with van der Waals surface area (Å²) in [5, 5.41) is 10.0. The van der Waals surface area contributed by atoms with Gasteiger partial charge in [0.05, 0.1) is 0 Å². The summed E-state index contributed by atoms with van der Waals surface area (Å²) in [5.74, 6) is -0.347. The second kappa shape index (κ2) is 9.14. The van der Waals surface area contributed by atoms with Crippen molar-refractivity contribution >= 4 is 11.6 Å². The van der Waals surface area contributed by atoms with Crippen LogP contribution >= 0.6 is 0 Å². The number of Topliss-reactive ketones (excluding diaryl/α,β-unsaturated/α-hetero) is 1. The fourth-order valence-corrected chi connectivity index (χ4v) is 2.63. The van der Waals surface area contributed by atoms with Gasteiger partial charge in [-0.2, -0.15) is 0 Å². The van der Waals surface area contributed by atoms with E-state index < -0.39 is 6.10 Å². The van der Waals surface area contributed by atoms with Crippen molar-refractivity contribution in [1.29, 1.82) is 0 Å². The lowest BCUT2D eigenvalue weighted by molar-refractivity contribution is 0.0725. The van der Waals surface area contributed by atoms with E-state index in [9.17, 15) is 14.7 Å². The van der Waals surface area contributed by atoms with Crippen LogP contribution in [0, 0.1) is 0 Å². The summed E-state index contributed by atoms with van der Waals surface area (Å²) in [4.78, 5) is 24.6. The van der Waals surface area contributed by atoms with Gasteiger partial charge in [0.25, 0.3) is 0 Å². The molecule has 0 radical (unpaired) electrons. The molecule has 0 saturated heterocycles. The Bertz CT molecular complexity index is 659. The lowest BCUT2D eigenvalue weighted by Gasteiger charge is -2.10. The van der Waals surface area contributed by atoms with E-state index in [1.165, 1.54) is 0 Å². The molecule has 0 amide bonds. The first-order valence-corrected chi connectivity index (χ1v) is 8.55. The number of unbranched alkanes of at least 4 members (excludes halogenated alkanes) is 3. The molecule has 2 rings (SSSR count). The van der Waals surface area contributed by atoms with Gasteiger partial charge < -0.3 is 5.11 Å². The Morgan fingerprint density at radius 2 is 1.42 bits per heavy atom. The third-order valence-corrected chi connectivity index (χ3v) is 4.10. The van der Waals surface area contributed by atoms with Gasteiger partial charge in [0.15, 0.2) is 11.6 Å². The van der Waals surface area contributed by atoms with Crippen LogP contribution in [0.1, 0.15) is 65.3 Å². The number of carbonyl (C=O) groups is 2. The highest BCUT2D eigenvalue weighted by atomic mass is 16.3. The molecule has 3 nitrogen and oxygen atoms in total. The normalized spacial score (nSPS) is 11.9. The molecule has 24 heavy (non-hydrogen) atoms. The smallest absolute Gasteiger partial charge is 0.193 e. The van der Waals surface area contributed by atoms with Gasteiger partial charge in [0.1, 0.15) is 6.10 Å². The first kappa shape index (κ1) is 18.1. The van der Waals surface area contributed by atoms with Crippen LogP contribution in [0.15, 0.2) is 54.6 Å². The fourth-order valence-electron chi connectivity index (χ4n) is 2.63. The van der Waals surface area contributed by atoms with E-state index in [-0.39, 0.29) is 11.6 Å². The number of aliphatic hydroxyl groups excluding tert-OH is 1. The Morgan fingerprint density at radius 1 is 0.833 bits per heavy atom. The molecule has 1 N–H and O–H groups in total. The molecular weight excluding hydrogens is 300 g/mol. The minimum absolute atomic E-state index is 0.0743. The van der Waals surface area contributed by atoms with E-state index >= 15 is 0 Å². The van der Waals surface area contributed by atoms with Crippen LogP contribution in [-0.2, 0) is 0 Å². The van der Waals surface area contributed by atoms with E-state index in [1.54, 1.807) is 36.4 Å². The highest BCUT2D eigenvalue weighted by Crippen LogP contribution is 2.14. The molecule has 0 aromatic heterocycles. The first-order chi connectivity index (χ1) is 11.6. The van der Waals surface area contributed by atoms with Crippen LogP contribution in [0.3, 0.4) is 0 Å². The van der Waals surface area contributed by atoms with Crippen LogP contribution < -0.4 is 0 Å². The average molecular weight is 324 g/mol. The van der Waals surface area contributed by atoms with Crippen molar-refractivity contribution in [3.05, 3.63) is 71.3 Å². The van der Waals surface area contributed by atoms with Crippen molar-refractivity contribution in [3.8, 4) is 0 Å². The average Bonchev–Trinajstić information content (AvgIpc) is 2.64. The van der Waals surface area contributed by atoms with E-state index in [1.807, 2.05) is 18.2 Å². The van der Waals surface area contributed by atoms with Gasteiger partial charge in [-0.05, 0) is 6.42 Å². The second-order valence-electron chi connectivity index (χ2n) is 6.00. The maximum absolute atomic E-state index is 12.3. The Morgan fingerprint density at radius 3 is 2.04 bits per heavy atom. The molecule has 0 bridgehead atoms. The summed E-state index contributed by atoms with van der Waals surface area (Å²) in [7, 11) is 0. The zero-order valence-electron chi connectivity index (χ0n) is 14.1. The van der Waals surface area contributed by atoms with Gasteiger partial charge in [-0.3, -0.25) is 9.59 Å². The van der Waals surface area contributed by atoms with Gasteiger partial charge in [0, 0.05) is 16.7 Å². The van der Waals surface area contributed by atoms with Gasteiger partial charge >= 0.3 is 0 Å². The predicted molar refractivity (Wildman–Crippen MR) is 95.4 cm³/mol. The van der Waals surface area contributed by atoms with Crippen molar-refractivity contribution in [3.63, 3.8) is 0 Å². The lowest BCUT2D eigenvalue weighted by Crippen LogP contribution is -2.20. The summed E-state index contributed by atoms with van der Waals surface area (Å²) in [6.45, 7) is 2.12. The lowest BCUT2D eigenvalue weighted by atomic mass is 9.98. The Labute approximate surface area is 143 Å². The maximum Gasteiger partial charge on any atom is 0.193 e. The van der Waals surface area contributed by atoms with Crippen molar-refractivity contribution in [2.45, 2.75) is 45.1 Å². The topological polar surface area (TPSA) is 54.4 Å². The standard InChI is InChI=1S/C21H24O3/c1-2-3-4-8-11-19(22)21(24)18-14-12-17(13-15-18)20(23)16-9-6-5-7-10-16/h5-7,9-10,12-15,19,22H,2-4,8,11H2,1H3. The van der Waals surface area contributed by atoms with E-state index in [2.05, 4.69) is 6.92 Å². The minimum atomic E-state index is -0.961. The maximum atomic E-state index is 12.3. The van der Waals surface area contributed by atoms with Crippen molar-refractivity contribution < 1.29 is 14.7 Å². The minimum Gasteiger partial charge on any atom is -0.385 e. The summed E-state index contributed by atoms with van der Waals surface area (Å²) in [6, 6.07) is 15.6. The highest BCUT2D eigenvalue weighted by Gasteiger charge is 2.17. The van der Waals surface area contributed by atoms with Crippen molar-refractivity contribution in [2.24, 2.45) is 0 Å². The van der Waals surface area contributed by atoms with E-state index in [4.69, 9.17) is 0 Å². The molecule has 2 aromatic carbocycles.